The number of carbonyl (C=O) groups is 1. The maximum Gasteiger partial charge on any atom is 0.256 e. The monoisotopic (exact) mass is 210 g/mol. The van der Waals surface area contributed by atoms with E-state index in [1.807, 2.05) is 0 Å². The van der Waals surface area contributed by atoms with Gasteiger partial charge in [0.1, 0.15) is 0 Å². The van der Waals surface area contributed by atoms with E-state index in [4.69, 9.17) is 4.74 Å². The molecule has 0 aromatic heterocycles. The Hall–Kier alpha value is -0.610. The summed E-state index contributed by atoms with van der Waals surface area (Å²) in [4.78, 5) is 14.4. The van der Waals surface area contributed by atoms with Gasteiger partial charge in [0, 0.05) is 19.1 Å². The minimum atomic E-state index is -0.515. The van der Waals surface area contributed by atoms with Crippen LogP contribution in [0, 0.1) is 0 Å². The van der Waals surface area contributed by atoms with Gasteiger partial charge in [-0.3, -0.25) is 4.79 Å². The summed E-state index contributed by atoms with van der Waals surface area (Å²) in [5, 5.41) is 3.28. The molecule has 4 nitrogen and oxygen atoms in total. The van der Waals surface area contributed by atoms with Gasteiger partial charge in [0.2, 0.25) is 0 Å². The minimum absolute atomic E-state index is 0.239. The summed E-state index contributed by atoms with van der Waals surface area (Å²) >= 11 is 0. The van der Waals surface area contributed by atoms with E-state index in [0.29, 0.717) is 19.2 Å². The molecule has 1 saturated carbocycles. The quantitative estimate of drug-likeness (QED) is 0.669. The summed E-state index contributed by atoms with van der Waals surface area (Å²) in [5.41, 5.74) is -0.515. The predicted molar refractivity (Wildman–Crippen MR) is 55.5 cm³/mol. The van der Waals surface area contributed by atoms with Crippen LogP contribution < -0.4 is 5.32 Å². The number of amides is 1. The second kappa shape index (κ2) is 3.46. The van der Waals surface area contributed by atoms with Crippen molar-refractivity contribution in [3.05, 3.63) is 0 Å². The number of carbonyl (C=O) groups excluding carboxylic acids is 1. The number of morpholine rings is 1. The molecule has 2 heterocycles. The molecule has 1 spiro atoms. The summed E-state index contributed by atoms with van der Waals surface area (Å²) in [5.74, 6) is 0.239. The number of nitrogens with one attached hydrogen (secondary N) is 1. The van der Waals surface area contributed by atoms with Crippen LogP contribution in [0.2, 0.25) is 0 Å². The zero-order chi connectivity index (χ0) is 10.3. The number of ether oxygens (including phenoxy) is 1. The Bertz CT molecular complexity index is 264. The molecule has 3 rings (SSSR count). The molecule has 1 aliphatic carbocycles. The van der Waals surface area contributed by atoms with Crippen LogP contribution in [0.5, 0.6) is 0 Å². The number of rotatable bonds is 1. The van der Waals surface area contributed by atoms with Crippen molar-refractivity contribution >= 4 is 5.91 Å². The van der Waals surface area contributed by atoms with Gasteiger partial charge in [0.05, 0.1) is 6.61 Å². The maximum atomic E-state index is 12.3. The topological polar surface area (TPSA) is 41.6 Å². The molecule has 3 aliphatic rings. The van der Waals surface area contributed by atoms with Gasteiger partial charge >= 0.3 is 0 Å². The first-order valence-corrected chi connectivity index (χ1v) is 5.98. The van der Waals surface area contributed by atoms with Gasteiger partial charge in [0.15, 0.2) is 5.60 Å². The lowest BCUT2D eigenvalue weighted by atomic mass is 9.91. The lowest BCUT2D eigenvalue weighted by molar-refractivity contribution is -0.175. The van der Waals surface area contributed by atoms with E-state index < -0.39 is 5.60 Å². The second-order valence-electron chi connectivity index (χ2n) is 4.85. The molecular weight excluding hydrogens is 192 g/mol. The van der Waals surface area contributed by atoms with Gasteiger partial charge < -0.3 is 15.0 Å². The van der Waals surface area contributed by atoms with Gasteiger partial charge in [-0.1, -0.05) is 0 Å². The van der Waals surface area contributed by atoms with Crippen molar-refractivity contribution in [3.63, 3.8) is 0 Å². The van der Waals surface area contributed by atoms with Gasteiger partial charge in [-0.05, 0) is 32.2 Å². The van der Waals surface area contributed by atoms with Crippen LogP contribution in [0.1, 0.15) is 25.7 Å². The third-order valence-electron chi connectivity index (χ3n) is 3.69. The molecule has 1 amide bonds. The Morgan fingerprint density at radius 1 is 1.47 bits per heavy atom. The van der Waals surface area contributed by atoms with Crippen LogP contribution in [0.25, 0.3) is 0 Å². The van der Waals surface area contributed by atoms with Gasteiger partial charge in [-0.25, -0.2) is 0 Å². The smallest absolute Gasteiger partial charge is 0.256 e. The first-order valence-electron chi connectivity index (χ1n) is 5.98. The average Bonchev–Trinajstić information content (AvgIpc) is 3.08. The van der Waals surface area contributed by atoms with Crippen LogP contribution in [0.15, 0.2) is 0 Å². The summed E-state index contributed by atoms with van der Waals surface area (Å²) < 4.78 is 5.77. The molecular formula is C11H18N2O2. The molecule has 0 aromatic carbocycles. The molecule has 3 fully saturated rings. The van der Waals surface area contributed by atoms with E-state index >= 15 is 0 Å². The van der Waals surface area contributed by atoms with Crippen LogP contribution in [-0.4, -0.2) is 48.7 Å². The fraction of sp³-hybridized carbons (Fsp3) is 0.909. The fourth-order valence-electron chi connectivity index (χ4n) is 2.68. The van der Waals surface area contributed by atoms with E-state index in [-0.39, 0.29) is 5.91 Å². The summed E-state index contributed by atoms with van der Waals surface area (Å²) in [6.07, 6.45) is 4.32. The molecule has 84 valence electrons. The van der Waals surface area contributed by atoms with Gasteiger partial charge in [-0.2, -0.15) is 0 Å². The highest BCUT2D eigenvalue weighted by Gasteiger charge is 2.49. The molecule has 0 bridgehead atoms. The number of piperidine rings is 1. The molecule has 2 saturated heterocycles. The Kier molecular flexibility index (Phi) is 2.21. The highest BCUT2D eigenvalue weighted by Crippen LogP contribution is 2.34. The van der Waals surface area contributed by atoms with E-state index in [2.05, 4.69) is 10.2 Å². The first-order chi connectivity index (χ1) is 7.32. The van der Waals surface area contributed by atoms with Crippen LogP contribution >= 0.6 is 0 Å². The van der Waals surface area contributed by atoms with Crippen molar-refractivity contribution in [2.45, 2.75) is 37.3 Å². The minimum Gasteiger partial charge on any atom is -0.362 e. The zero-order valence-corrected chi connectivity index (χ0v) is 9.00. The lowest BCUT2D eigenvalue weighted by Gasteiger charge is -2.44. The van der Waals surface area contributed by atoms with E-state index in [1.165, 1.54) is 12.8 Å². The lowest BCUT2D eigenvalue weighted by Crippen LogP contribution is -2.63. The van der Waals surface area contributed by atoms with Crippen molar-refractivity contribution < 1.29 is 9.53 Å². The van der Waals surface area contributed by atoms with Crippen molar-refractivity contribution in [2.75, 3.05) is 26.2 Å². The Balaban J connectivity index is 1.78. The SMILES string of the molecule is O=C1N(C2CC2)CCO[C@]12CCCNC2. The molecule has 2 aliphatic heterocycles. The molecule has 4 heteroatoms. The average molecular weight is 210 g/mol. The Labute approximate surface area is 90.0 Å². The number of nitrogens with zero attached hydrogens (tertiary/aromatic N) is 1. The Morgan fingerprint density at radius 3 is 3.00 bits per heavy atom. The molecule has 0 radical (unpaired) electrons. The van der Waals surface area contributed by atoms with Crippen molar-refractivity contribution in [1.82, 2.24) is 10.2 Å². The van der Waals surface area contributed by atoms with Gasteiger partial charge in [0.25, 0.3) is 5.91 Å². The molecule has 1 atom stereocenters. The highest BCUT2D eigenvalue weighted by molar-refractivity contribution is 5.87. The first kappa shape index (κ1) is 9.60. The summed E-state index contributed by atoms with van der Waals surface area (Å²) in [7, 11) is 0. The molecule has 15 heavy (non-hydrogen) atoms. The van der Waals surface area contributed by atoms with Crippen molar-refractivity contribution in [2.24, 2.45) is 0 Å². The van der Waals surface area contributed by atoms with E-state index in [0.717, 1.165) is 25.9 Å². The third-order valence-corrected chi connectivity index (χ3v) is 3.69. The summed E-state index contributed by atoms with van der Waals surface area (Å²) in [6.45, 7) is 3.23. The Morgan fingerprint density at radius 2 is 2.33 bits per heavy atom. The van der Waals surface area contributed by atoms with Crippen LogP contribution in [-0.2, 0) is 9.53 Å². The largest absolute Gasteiger partial charge is 0.362 e. The normalized spacial score (nSPS) is 37.3. The fourth-order valence-corrected chi connectivity index (χ4v) is 2.68. The molecule has 0 aromatic rings. The highest BCUT2D eigenvalue weighted by atomic mass is 16.5. The van der Waals surface area contributed by atoms with Crippen LogP contribution in [0.4, 0.5) is 0 Å². The number of hydrogen-bond donors (Lipinski definition) is 1. The third kappa shape index (κ3) is 1.56. The zero-order valence-electron chi connectivity index (χ0n) is 9.00. The maximum absolute atomic E-state index is 12.3. The van der Waals surface area contributed by atoms with Gasteiger partial charge in [-0.15, -0.1) is 0 Å². The van der Waals surface area contributed by atoms with E-state index in [9.17, 15) is 4.79 Å². The van der Waals surface area contributed by atoms with Crippen molar-refractivity contribution in [3.8, 4) is 0 Å². The van der Waals surface area contributed by atoms with Crippen molar-refractivity contribution in [1.29, 1.82) is 0 Å². The number of hydrogen-bond acceptors (Lipinski definition) is 3. The van der Waals surface area contributed by atoms with E-state index in [1.54, 1.807) is 0 Å². The molecule has 1 N–H and O–H groups in total. The van der Waals surface area contributed by atoms with Crippen LogP contribution in [0.3, 0.4) is 0 Å². The summed E-state index contributed by atoms with van der Waals surface area (Å²) in [6, 6.07) is 0.528. The molecule has 0 unspecified atom stereocenters. The predicted octanol–water partition coefficient (Wildman–Crippen LogP) is 0.130. The second-order valence-corrected chi connectivity index (χ2v) is 4.85. The standard InChI is InChI=1S/C11H18N2O2/c14-10-11(4-1-5-12-8-11)15-7-6-13(10)9-2-3-9/h9,12H,1-8H2/t11-/m0/s1.